The number of likely N-dealkylation sites (N-methyl/N-ethyl adjacent to an activating group) is 1. The molecule has 20 heavy (non-hydrogen) atoms. The van der Waals surface area contributed by atoms with Gasteiger partial charge in [0.15, 0.2) is 0 Å². The molecule has 2 aromatic carbocycles. The van der Waals surface area contributed by atoms with Crippen molar-refractivity contribution in [2.45, 2.75) is 13.0 Å². The number of rotatable bonds is 3. The van der Waals surface area contributed by atoms with Crippen molar-refractivity contribution < 1.29 is 4.39 Å². The second kappa shape index (κ2) is 5.44. The summed E-state index contributed by atoms with van der Waals surface area (Å²) in [5.74, 6) is -0.245. The van der Waals surface area contributed by atoms with Gasteiger partial charge in [-0.05, 0) is 57.7 Å². The number of nitrogens with zero attached hydrogens (tertiary/aromatic N) is 1. The first-order chi connectivity index (χ1) is 9.63. The van der Waals surface area contributed by atoms with Gasteiger partial charge in [0, 0.05) is 31.5 Å². The van der Waals surface area contributed by atoms with Crippen molar-refractivity contribution in [3.05, 3.63) is 57.8 Å². The average molecular weight is 335 g/mol. The molecule has 0 saturated carbocycles. The van der Waals surface area contributed by atoms with E-state index in [4.69, 9.17) is 0 Å². The standard InChI is InChI=1S/C16H16BrFN2/c1-20-7-6-12-8-11(2-5-16(12)20)10-19-13-3-4-14(17)15(18)9-13/h2-5,8-9,19H,6-7,10H2,1H3. The molecule has 0 aliphatic carbocycles. The van der Waals surface area contributed by atoms with Crippen LogP contribution in [-0.4, -0.2) is 13.6 Å². The highest BCUT2D eigenvalue weighted by molar-refractivity contribution is 9.10. The number of nitrogens with one attached hydrogen (secondary N) is 1. The minimum Gasteiger partial charge on any atom is -0.381 e. The van der Waals surface area contributed by atoms with Crippen LogP contribution in [0.25, 0.3) is 0 Å². The molecule has 104 valence electrons. The van der Waals surface area contributed by atoms with Gasteiger partial charge in [-0.15, -0.1) is 0 Å². The predicted molar refractivity (Wildman–Crippen MR) is 84.8 cm³/mol. The number of fused-ring (bicyclic) bond motifs is 1. The quantitative estimate of drug-likeness (QED) is 0.905. The Bertz CT molecular complexity index is 642. The fraction of sp³-hybridized carbons (Fsp3) is 0.250. The van der Waals surface area contributed by atoms with E-state index in [9.17, 15) is 4.39 Å². The van der Waals surface area contributed by atoms with E-state index in [-0.39, 0.29) is 5.82 Å². The molecule has 0 spiro atoms. The predicted octanol–water partition coefficient (Wildman–Crippen LogP) is 4.19. The van der Waals surface area contributed by atoms with Crippen LogP contribution in [-0.2, 0) is 13.0 Å². The van der Waals surface area contributed by atoms with Crippen molar-refractivity contribution in [2.24, 2.45) is 0 Å². The van der Waals surface area contributed by atoms with Gasteiger partial charge >= 0.3 is 0 Å². The number of hydrogen-bond donors (Lipinski definition) is 1. The van der Waals surface area contributed by atoms with Crippen LogP contribution in [0.3, 0.4) is 0 Å². The molecule has 2 nitrogen and oxygen atoms in total. The highest BCUT2D eigenvalue weighted by atomic mass is 79.9. The third-order valence-electron chi connectivity index (χ3n) is 3.69. The molecule has 1 aliphatic rings. The Labute approximate surface area is 126 Å². The monoisotopic (exact) mass is 334 g/mol. The Kier molecular flexibility index (Phi) is 3.66. The summed E-state index contributed by atoms with van der Waals surface area (Å²) in [6.45, 7) is 1.79. The molecule has 1 aliphatic heterocycles. The van der Waals surface area contributed by atoms with Gasteiger partial charge in [0.2, 0.25) is 0 Å². The maximum absolute atomic E-state index is 13.4. The molecule has 0 atom stereocenters. The minimum absolute atomic E-state index is 0.245. The molecule has 0 bridgehead atoms. The first-order valence-electron chi connectivity index (χ1n) is 6.65. The van der Waals surface area contributed by atoms with Crippen LogP contribution in [0, 0.1) is 5.82 Å². The topological polar surface area (TPSA) is 15.3 Å². The molecule has 0 aromatic heterocycles. The van der Waals surface area contributed by atoms with Crippen LogP contribution in [0.15, 0.2) is 40.9 Å². The third kappa shape index (κ3) is 2.66. The molecule has 1 heterocycles. The Morgan fingerprint density at radius 1 is 1.25 bits per heavy atom. The Morgan fingerprint density at radius 3 is 2.90 bits per heavy atom. The van der Waals surface area contributed by atoms with Gasteiger partial charge in [0.05, 0.1) is 4.47 Å². The molecule has 4 heteroatoms. The molecule has 0 unspecified atom stereocenters. The summed E-state index contributed by atoms with van der Waals surface area (Å²) in [4.78, 5) is 2.27. The molecule has 3 rings (SSSR count). The minimum atomic E-state index is -0.245. The third-order valence-corrected chi connectivity index (χ3v) is 4.33. The first-order valence-corrected chi connectivity index (χ1v) is 7.44. The molecule has 1 N–H and O–H groups in total. The SMILES string of the molecule is CN1CCc2cc(CNc3ccc(Br)c(F)c3)ccc21. The molecule has 2 aromatic rings. The zero-order valence-electron chi connectivity index (χ0n) is 11.3. The van der Waals surface area contributed by atoms with E-state index in [1.807, 2.05) is 6.07 Å². The first kappa shape index (κ1) is 13.4. The number of anilines is 2. The van der Waals surface area contributed by atoms with Crippen molar-refractivity contribution in [3.63, 3.8) is 0 Å². The molecule has 0 saturated heterocycles. The van der Waals surface area contributed by atoms with Crippen molar-refractivity contribution in [1.29, 1.82) is 0 Å². The van der Waals surface area contributed by atoms with Gasteiger partial charge in [-0.3, -0.25) is 0 Å². The zero-order valence-corrected chi connectivity index (χ0v) is 12.9. The summed E-state index contributed by atoms with van der Waals surface area (Å²) in [6.07, 6.45) is 1.10. The number of benzene rings is 2. The van der Waals surface area contributed by atoms with E-state index in [0.717, 1.165) is 18.7 Å². The number of halogens is 2. The van der Waals surface area contributed by atoms with E-state index in [2.05, 4.69) is 51.4 Å². The largest absolute Gasteiger partial charge is 0.381 e. The van der Waals surface area contributed by atoms with Crippen molar-refractivity contribution in [3.8, 4) is 0 Å². The number of hydrogen-bond acceptors (Lipinski definition) is 2. The highest BCUT2D eigenvalue weighted by Gasteiger charge is 2.15. The van der Waals surface area contributed by atoms with Crippen LogP contribution in [0.5, 0.6) is 0 Å². The Balaban J connectivity index is 1.71. The summed E-state index contributed by atoms with van der Waals surface area (Å²) < 4.78 is 13.9. The average Bonchev–Trinajstić information content (AvgIpc) is 2.81. The summed E-state index contributed by atoms with van der Waals surface area (Å²) in [6, 6.07) is 11.6. The fourth-order valence-electron chi connectivity index (χ4n) is 2.54. The highest BCUT2D eigenvalue weighted by Crippen LogP contribution is 2.27. The molecular weight excluding hydrogens is 319 g/mol. The van der Waals surface area contributed by atoms with Gasteiger partial charge in [0.25, 0.3) is 0 Å². The second-order valence-electron chi connectivity index (χ2n) is 5.12. The van der Waals surface area contributed by atoms with Crippen molar-refractivity contribution >= 4 is 27.3 Å². The summed E-state index contributed by atoms with van der Waals surface area (Å²) in [7, 11) is 2.12. The summed E-state index contributed by atoms with van der Waals surface area (Å²) in [5.41, 5.74) is 4.74. The van der Waals surface area contributed by atoms with E-state index >= 15 is 0 Å². The van der Waals surface area contributed by atoms with E-state index < -0.39 is 0 Å². The van der Waals surface area contributed by atoms with Crippen LogP contribution < -0.4 is 10.2 Å². The van der Waals surface area contributed by atoms with Crippen molar-refractivity contribution in [1.82, 2.24) is 0 Å². The van der Waals surface area contributed by atoms with Gasteiger partial charge in [-0.2, -0.15) is 0 Å². The maximum Gasteiger partial charge on any atom is 0.139 e. The fourth-order valence-corrected chi connectivity index (χ4v) is 2.79. The zero-order chi connectivity index (χ0) is 14.1. The normalized spacial score (nSPS) is 13.4. The Hall–Kier alpha value is -1.55. The van der Waals surface area contributed by atoms with Crippen LogP contribution >= 0.6 is 15.9 Å². The molecule has 0 radical (unpaired) electrons. The Morgan fingerprint density at radius 2 is 2.10 bits per heavy atom. The smallest absolute Gasteiger partial charge is 0.139 e. The lowest BCUT2D eigenvalue weighted by Gasteiger charge is -2.13. The second-order valence-corrected chi connectivity index (χ2v) is 5.97. The van der Waals surface area contributed by atoms with E-state index in [0.29, 0.717) is 11.0 Å². The van der Waals surface area contributed by atoms with Crippen molar-refractivity contribution in [2.75, 3.05) is 23.8 Å². The molecular formula is C16H16BrFN2. The van der Waals surface area contributed by atoms with Gasteiger partial charge in [-0.25, -0.2) is 4.39 Å². The van der Waals surface area contributed by atoms with Gasteiger partial charge in [0.1, 0.15) is 5.82 Å². The maximum atomic E-state index is 13.4. The summed E-state index contributed by atoms with van der Waals surface area (Å²) >= 11 is 3.16. The van der Waals surface area contributed by atoms with Crippen LogP contribution in [0.4, 0.5) is 15.8 Å². The lowest BCUT2D eigenvalue weighted by molar-refractivity contribution is 0.621. The molecule has 0 amide bonds. The van der Waals surface area contributed by atoms with Gasteiger partial charge < -0.3 is 10.2 Å². The molecule has 0 fully saturated rings. The van der Waals surface area contributed by atoms with Gasteiger partial charge in [-0.1, -0.05) is 12.1 Å². The van der Waals surface area contributed by atoms with E-state index in [1.54, 1.807) is 6.07 Å². The van der Waals surface area contributed by atoms with Crippen LogP contribution in [0.2, 0.25) is 0 Å². The van der Waals surface area contributed by atoms with E-state index in [1.165, 1.54) is 22.9 Å². The summed E-state index contributed by atoms with van der Waals surface area (Å²) in [5, 5.41) is 3.26. The van der Waals surface area contributed by atoms with Crippen LogP contribution in [0.1, 0.15) is 11.1 Å². The lowest BCUT2D eigenvalue weighted by atomic mass is 10.1. The lowest BCUT2D eigenvalue weighted by Crippen LogP contribution is -2.12.